The van der Waals surface area contributed by atoms with Crippen LogP contribution in [0.5, 0.6) is 0 Å². The van der Waals surface area contributed by atoms with E-state index in [-0.39, 0.29) is 4.90 Å². The Labute approximate surface area is 116 Å². The summed E-state index contributed by atoms with van der Waals surface area (Å²) in [5.74, 6) is 1.15. The number of hydrogen-bond donors (Lipinski definition) is 0. The molecule has 1 saturated carbocycles. The quantitative estimate of drug-likeness (QED) is 0.793. The number of benzene rings is 1. The van der Waals surface area contributed by atoms with Crippen molar-refractivity contribution in [2.24, 2.45) is 11.8 Å². The molecule has 1 aromatic rings. The maximum atomic E-state index is 12.0. The van der Waals surface area contributed by atoms with Gasteiger partial charge in [-0.3, -0.25) is 4.18 Å². The van der Waals surface area contributed by atoms with Crippen LogP contribution in [0.15, 0.2) is 29.2 Å². The predicted octanol–water partition coefficient (Wildman–Crippen LogP) is 3.53. The van der Waals surface area contributed by atoms with E-state index in [1.807, 2.05) is 6.92 Å². The van der Waals surface area contributed by atoms with Gasteiger partial charge in [0.25, 0.3) is 10.1 Å². The SMILES string of the molecule is Cc1ccc(S(=O)(=O)OC[C@H]2CC[C@H](C)CC2)cc1. The molecule has 0 N–H and O–H groups in total. The van der Waals surface area contributed by atoms with E-state index >= 15 is 0 Å². The minimum atomic E-state index is -3.59. The van der Waals surface area contributed by atoms with Crippen LogP contribution in [-0.2, 0) is 14.3 Å². The maximum absolute atomic E-state index is 12.0. The first kappa shape index (κ1) is 14.5. The van der Waals surface area contributed by atoms with Crippen LogP contribution in [0.25, 0.3) is 0 Å². The number of hydrogen-bond acceptors (Lipinski definition) is 3. The molecule has 0 spiro atoms. The second-order valence-electron chi connectivity index (χ2n) is 5.68. The fourth-order valence-electron chi connectivity index (χ4n) is 2.45. The first-order valence-electron chi connectivity index (χ1n) is 6.93. The summed E-state index contributed by atoms with van der Waals surface area (Å²) in [6.45, 7) is 4.50. The van der Waals surface area contributed by atoms with E-state index in [0.717, 1.165) is 24.3 Å². The third-order valence-electron chi connectivity index (χ3n) is 3.90. The Balaban J connectivity index is 1.92. The highest BCUT2D eigenvalue weighted by atomic mass is 32.2. The molecule has 0 bridgehead atoms. The van der Waals surface area contributed by atoms with Crippen LogP contribution in [0.1, 0.15) is 38.2 Å². The summed E-state index contributed by atoms with van der Waals surface area (Å²) in [5.41, 5.74) is 1.04. The Bertz CT molecular complexity index is 497. The van der Waals surface area contributed by atoms with Crippen LogP contribution in [-0.4, -0.2) is 15.0 Å². The average Bonchev–Trinajstić information content (AvgIpc) is 2.39. The zero-order chi connectivity index (χ0) is 13.9. The molecule has 1 aliphatic carbocycles. The van der Waals surface area contributed by atoms with Gasteiger partial charge in [-0.1, -0.05) is 37.5 Å². The van der Waals surface area contributed by atoms with Crippen LogP contribution in [0, 0.1) is 18.8 Å². The molecule has 0 radical (unpaired) electrons. The lowest BCUT2D eigenvalue weighted by Crippen LogP contribution is -2.19. The molecule has 3 nitrogen and oxygen atoms in total. The van der Waals surface area contributed by atoms with Crippen molar-refractivity contribution in [2.75, 3.05) is 6.61 Å². The Hall–Kier alpha value is -0.870. The van der Waals surface area contributed by atoms with Crippen molar-refractivity contribution < 1.29 is 12.6 Å². The lowest BCUT2D eigenvalue weighted by molar-refractivity contribution is 0.192. The first-order valence-corrected chi connectivity index (χ1v) is 8.34. The van der Waals surface area contributed by atoms with Crippen molar-refractivity contribution >= 4 is 10.1 Å². The van der Waals surface area contributed by atoms with Crippen LogP contribution in [0.2, 0.25) is 0 Å². The van der Waals surface area contributed by atoms with Gasteiger partial charge >= 0.3 is 0 Å². The van der Waals surface area contributed by atoms with Crippen molar-refractivity contribution in [3.63, 3.8) is 0 Å². The normalized spacial score (nSPS) is 24.3. The predicted molar refractivity (Wildman–Crippen MR) is 75.4 cm³/mol. The summed E-state index contributed by atoms with van der Waals surface area (Å²) in [4.78, 5) is 0.252. The van der Waals surface area contributed by atoms with Crippen molar-refractivity contribution in [3.05, 3.63) is 29.8 Å². The smallest absolute Gasteiger partial charge is 0.266 e. The third kappa shape index (κ3) is 4.05. The molecule has 0 aromatic heterocycles. The molecule has 4 heteroatoms. The van der Waals surface area contributed by atoms with Crippen molar-refractivity contribution in [1.82, 2.24) is 0 Å². The van der Waals surface area contributed by atoms with Crippen LogP contribution in [0.4, 0.5) is 0 Å². The van der Waals surface area contributed by atoms with Gasteiger partial charge in [0.2, 0.25) is 0 Å². The molecule has 0 heterocycles. The molecule has 2 rings (SSSR count). The maximum Gasteiger partial charge on any atom is 0.296 e. The molecule has 0 amide bonds. The Morgan fingerprint density at radius 1 is 1.11 bits per heavy atom. The van der Waals surface area contributed by atoms with E-state index in [2.05, 4.69) is 6.92 Å². The highest BCUT2D eigenvalue weighted by molar-refractivity contribution is 7.86. The van der Waals surface area contributed by atoms with Gasteiger partial charge in [-0.05, 0) is 43.7 Å². The van der Waals surface area contributed by atoms with E-state index in [4.69, 9.17) is 4.18 Å². The molecule has 1 fully saturated rings. The van der Waals surface area contributed by atoms with Crippen LogP contribution in [0.3, 0.4) is 0 Å². The highest BCUT2D eigenvalue weighted by Gasteiger charge is 2.22. The Morgan fingerprint density at radius 3 is 2.26 bits per heavy atom. The van der Waals surface area contributed by atoms with Gasteiger partial charge in [0.15, 0.2) is 0 Å². The summed E-state index contributed by atoms with van der Waals surface area (Å²) in [6.07, 6.45) is 4.51. The minimum absolute atomic E-state index is 0.252. The summed E-state index contributed by atoms with van der Waals surface area (Å²) in [5, 5.41) is 0. The first-order chi connectivity index (χ1) is 8.97. The van der Waals surface area contributed by atoms with Gasteiger partial charge in [-0.25, -0.2) is 0 Å². The summed E-state index contributed by atoms with van der Waals surface area (Å²) >= 11 is 0. The number of rotatable bonds is 4. The molecule has 0 saturated heterocycles. The van der Waals surface area contributed by atoms with Crippen molar-refractivity contribution in [2.45, 2.75) is 44.4 Å². The van der Waals surface area contributed by atoms with E-state index in [0.29, 0.717) is 12.5 Å². The van der Waals surface area contributed by atoms with Crippen LogP contribution < -0.4 is 0 Å². The van der Waals surface area contributed by atoms with E-state index in [1.54, 1.807) is 24.3 Å². The second kappa shape index (κ2) is 6.06. The lowest BCUT2D eigenvalue weighted by Gasteiger charge is -2.25. The average molecular weight is 282 g/mol. The van der Waals surface area contributed by atoms with E-state index in [1.165, 1.54) is 12.8 Å². The Kier molecular flexibility index (Phi) is 4.63. The number of aryl methyl sites for hydroxylation is 1. The molecule has 1 aromatic carbocycles. The van der Waals surface area contributed by atoms with Gasteiger partial charge < -0.3 is 0 Å². The summed E-state index contributed by atoms with van der Waals surface area (Å²) in [6, 6.07) is 6.79. The second-order valence-corrected chi connectivity index (χ2v) is 7.29. The highest BCUT2D eigenvalue weighted by Crippen LogP contribution is 2.29. The molecule has 1 aliphatic rings. The van der Waals surface area contributed by atoms with Gasteiger partial charge in [0.05, 0.1) is 11.5 Å². The summed E-state index contributed by atoms with van der Waals surface area (Å²) < 4.78 is 29.3. The zero-order valence-corrected chi connectivity index (χ0v) is 12.4. The zero-order valence-electron chi connectivity index (χ0n) is 11.6. The van der Waals surface area contributed by atoms with Gasteiger partial charge in [-0.2, -0.15) is 8.42 Å². The fourth-order valence-corrected chi connectivity index (χ4v) is 3.43. The lowest BCUT2D eigenvalue weighted by atomic mass is 9.83. The van der Waals surface area contributed by atoms with E-state index in [9.17, 15) is 8.42 Å². The fraction of sp³-hybridized carbons (Fsp3) is 0.600. The summed E-state index contributed by atoms with van der Waals surface area (Å²) in [7, 11) is -3.59. The van der Waals surface area contributed by atoms with Crippen LogP contribution >= 0.6 is 0 Å². The Morgan fingerprint density at radius 2 is 1.68 bits per heavy atom. The van der Waals surface area contributed by atoms with Crippen molar-refractivity contribution in [3.8, 4) is 0 Å². The molecular weight excluding hydrogens is 260 g/mol. The topological polar surface area (TPSA) is 43.4 Å². The monoisotopic (exact) mass is 282 g/mol. The van der Waals surface area contributed by atoms with Gasteiger partial charge in [0.1, 0.15) is 0 Å². The standard InChI is InChI=1S/C15H22O3S/c1-12-3-7-14(8-4-12)11-18-19(16,17)15-9-5-13(2)6-10-15/h5-6,9-10,12,14H,3-4,7-8,11H2,1-2H3/t12-,14-. The van der Waals surface area contributed by atoms with Gasteiger partial charge in [0, 0.05) is 0 Å². The molecule has 19 heavy (non-hydrogen) atoms. The molecule has 0 atom stereocenters. The minimum Gasteiger partial charge on any atom is -0.266 e. The third-order valence-corrected chi connectivity index (χ3v) is 5.20. The van der Waals surface area contributed by atoms with Gasteiger partial charge in [-0.15, -0.1) is 0 Å². The largest absolute Gasteiger partial charge is 0.296 e. The molecule has 106 valence electrons. The van der Waals surface area contributed by atoms with E-state index < -0.39 is 10.1 Å². The van der Waals surface area contributed by atoms with Crippen molar-refractivity contribution in [1.29, 1.82) is 0 Å². The molecular formula is C15H22O3S. The molecule has 0 aliphatic heterocycles. The molecule has 0 unspecified atom stereocenters.